The van der Waals surface area contributed by atoms with Crippen molar-refractivity contribution in [1.29, 1.82) is 0 Å². The van der Waals surface area contributed by atoms with Crippen LogP contribution < -0.4 is 10.6 Å². The molecule has 1 aliphatic carbocycles. The van der Waals surface area contributed by atoms with Crippen LogP contribution in [0.1, 0.15) is 23.5 Å². The van der Waals surface area contributed by atoms with Gasteiger partial charge in [0.15, 0.2) is 0 Å². The maximum absolute atomic E-state index is 13.6. The lowest BCUT2D eigenvalue weighted by atomic mass is 10.1. The molecule has 114 valence electrons. The first-order valence-electron chi connectivity index (χ1n) is 7.17. The van der Waals surface area contributed by atoms with Crippen molar-refractivity contribution in [2.45, 2.75) is 24.9 Å². The van der Waals surface area contributed by atoms with E-state index in [1.54, 1.807) is 6.07 Å². The third-order valence-electron chi connectivity index (χ3n) is 3.82. The fraction of sp³-hybridized carbons (Fsp3) is 0.235. The molecule has 0 heterocycles. The zero-order chi connectivity index (χ0) is 15.5. The first-order valence-corrected chi connectivity index (χ1v) is 7.55. The summed E-state index contributed by atoms with van der Waals surface area (Å²) in [6.07, 6.45) is 0.928. The van der Waals surface area contributed by atoms with Crippen LogP contribution in [-0.2, 0) is 6.54 Å². The van der Waals surface area contributed by atoms with E-state index in [1.807, 2.05) is 18.2 Å². The number of urea groups is 1. The minimum absolute atomic E-state index is 0.0695. The summed E-state index contributed by atoms with van der Waals surface area (Å²) in [5, 5.41) is 5.86. The number of halogens is 2. The van der Waals surface area contributed by atoms with Crippen molar-refractivity contribution in [2.75, 3.05) is 0 Å². The number of benzene rings is 2. The normalized spacial score (nSPS) is 19.5. The summed E-state index contributed by atoms with van der Waals surface area (Å²) < 4.78 is 13.6. The summed E-state index contributed by atoms with van der Waals surface area (Å²) >= 11 is 5.92. The largest absolute Gasteiger partial charge is 0.335 e. The fourth-order valence-corrected chi connectivity index (χ4v) is 2.74. The zero-order valence-electron chi connectivity index (χ0n) is 11.9. The molecular weight excluding hydrogens is 303 g/mol. The van der Waals surface area contributed by atoms with Crippen molar-refractivity contribution < 1.29 is 9.18 Å². The molecule has 3 nitrogen and oxygen atoms in total. The Morgan fingerprint density at radius 1 is 1.18 bits per heavy atom. The van der Waals surface area contributed by atoms with Crippen molar-refractivity contribution in [1.82, 2.24) is 10.6 Å². The summed E-state index contributed by atoms with van der Waals surface area (Å²) in [6, 6.07) is 14.4. The van der Waals surface area contributed by atoms with Gasteiger partial charge in [0.05, 0.1) is 0 Å². The molecule has 0 radical (unpaired) electrons. The molecule has 1 aliphatic rings. The first kappa shape index (κ1) is 14.9. The van der Waals surface area contributed by atoms with E-state index >= 15 is 0 Å². The Balaban J connectivity index is 1.50. The van der Waals surface area contributed by atoms with Crippen LogP contribution in [0.4, 0.5) is 9.18 Å². The second-order valence-electron chi connectivity index (χ2n) is 5.39. The van der Waals surface area contributed by atoms with Gasteiger partial charge in [0.2, 0.25) is 0 Å². The van der Waals surface area contributed by atoms with Gasteiger partial charge >= 0.3 is 6.03 Å². The number of rotatable bonds is 4. The molecule has 1 saturated carbocycles. The molecule has 2 unspecified atom stereocenters. The molecule has 0 saturated heterocycles. The average molecular weight is 319 g/mol. The molecule has 2 aromatic rings. The van der Waals surface area contributed by atoms with Gasteiger partial charge in [-0.15, -0.1) is 0 Å². The van der Waals surface area contributed by atoms with Gasteiger partial charge in [-0.2, -0.15) is 0 Å². The van der Waals surface area contributed by atoms with Crippen LogP contribution >= 0.6 is 11.6 Å². The third kappa shape index (κ3) is 3.39. The highest BCUT2D eigenvalue weighted by Gasteiger charge is 2.39. The molecule has 1 fully saturated rings. The number of carbonyl (C=O) groups excluding carboxylic acids is 1. The van der Waals surface area contributed by atoms with E-state index in [2.05, 4.69) is 22.8 Å². The molecule has 0 aromatic heterocycles. The minimum Gasteiger partial charge on any atom is -0.335 e. The summed E-state index contributed by atoms with van der Waals surface area (Å²) in [5.74, 6) is -0.0506. The standard InChI is InChI=1S/C17H16ClFN2O/c18-14-7-4-8-15(19)13(14)10-20-17(22)21-16-9-12(16)11-5-2-1-3-6-11/h1-8,12,16H,9-10H2,(H2,20,21,22). The van der Waals surface area contributed by atoms with E-state index in [1.165, 1.54) is 17.7 Å². The van der Waals surface area contributed by atoms with Gasteiger partial charge in [-0.3, -0.25) is 0 Å². The van der Waals surface area contributed by atoms with Gasteiger partial charge in [0, 0.05) is 29.1 Å². The van der Waals surface area contributed by atoms with Gasteiger partial charge in [0.1, 0.15) is 5.82 Å². The molecule has 5 heteroatoms. The highest BCUT2D eigenvalue weighted by Crippen LogP contribution is 2.40. The molecule has 2 N–H and O–H groups in total. The summed E-state index contributed by atoms with van der Waals surface area (Å²) in [4.78, 5) is 11.9. The van der Waals surface area contributed by atoms with Crippen LogP contribution in [0.2, 0.25) is 5.02 Å². The Kier molecular flexibility index (Phi) is 4.29. The fourth-order valence-electron chi connectivity index (χ4n) is 2.51. The molecule has 3 rings (SSSR count). The Morgan fingerprint density at radius 2 is 1.95 bits per heavy atom. The number of hydrogen-bond donors (Lipinski definition) is 2. The van der Waals surface area contributed by atoms with E-state index < -0.39 is 5.82 Å². The number of hydrogen-bond acceptors (Lipinski definition) is 1. The van der Waals surface area contributed by atoms with E-state index in [9.17, 15) is 9.18 Å². The van der Waals surface area contributed by atoms with Gasteiger partial charge in [-0.05, 0) is 24.1 Å². The van der Waals surface area contributed by atoms with Crippen LogP contribution in [0.15, 0.2) is 48.5 Å². The lowest BCUT2D eigenvalue weighted by molar-refractivity contribution is 0.240. The molecule has 2 amide bonds. The van der Waals surface area contributed by atoms with E-state index in [0.29, 0.717) is 16.5 Å². The van der Waals surface area contributed by atoms with Crippen molar-refractivity contribution in [3.8, 4) is 0 Å². The quantitative estimate of drug-likeness (QED) is 0.883. The van der Waals surface area contributed by atoms with Crippen molar-refractivity contribution >= 4 is 17.6 Å². The van der Waals surface area contributed by atoms with Crippen LogP contribution in [-0.4, -0.2) is 12.1 Å². The smallest absolute Gasteiger partial charge is 0.315 e. The molecule has 2 aromatic carbocycles. The van der Waals surface area contributed by atoms with Gasteiger partial charge in [0.25, 0.3) is 0 Å². The topological polar surface area (TPSA) is 41.1 Å². The highest BCUT2D eigenvalue weighted by atomic mass is 35.5. The Labute approximate surface area is 133 Å². The van der Waals surface area contributed by atoms with Crippen molar-refractivity contribution in [3.63, 3.8) is 0 Å². The van der Waals surface area contributed by atoms with E-state index in [0.717, 1.165) is 6.42 Å². The Morgan fingerprint density at radius 3 is 2.68 bits per heavy atom. The number of amides is 2. The third-order valence-corrected chi connectivity index (χ3v) is 4.18. The predicted molar refractivity (Wildman–Crippen MR) is 84.4 cm³/mol. The maximum Gasteiger partial charge on any atom is 0.315 e. The average Bonchev–Trinajstić information content (AvgIpc) is 3.27. The number of nitrogens with one attached hydrogen (secondary N) is 2. The SMILES string of the molecule is O=C(NCc1c(F)cccc1Cl)NC1CC1c1ccccc1. The second-order valence-corrected chi connectivity index (χ2v) is 5.79. The molecule has 0 bridgehead atoms. The minimum atomic E-state index is -0.415. The monoisotopic (exact) mass is 318 g/mol. The maximum atomic E-state index is 13.6. The zero-order valence-corrected chi connectivity index (χ0v) is 12.6. The van der Waals surface area contributed by atoms with Gasteiger partial charge < -0.3 is 10.6 Å². The highest BCUT2D eigenvalue weighted by molar-refractivity contribution is 6.31. The summed E-state index contributed by atoms with van der Waals surface area (Å²) in [7, 11) is 0. The van der Waals surface area contributed by atoms with E-state index in [4.69, 9.17) is 11.6 Å². The van der Waals surface area contributed by atoms with Crippen LogP contribution in [0.25, 0.3) is 0 Å². The lowest BCUT2D eigenvalue weighted by Crippen LogP contribution is -2.37. The summed E-state index contributed by atoms with van der Waals surface area (Å²) in [5.41, 5.74) is 1.53. The van der Waals surface area contributed by atoms with Crippen molar-refractivity contribution in [3.05, 3.63) is 70.5 Å². The van der Waals surface area contributed by atoms with Gasteiger partial charge in [-0.1, -0.05) is 48.0 Å². The molecule has 22 heavy (non-hydrogen) atoms. The van der Waals surface area contributed by atoms with Gasteiger partial charge in [-0.25, -0.2) is 9.18 Å². The molecule has 0 aliphatic heterocycles. The van der Waals surface area contributed by atoms with Crippen molar-refractivity contribution in [2.24, 2.45) is 0 Å². The second kappa shape index (κ2) is 6.36. The van der Waals surface area contributed by atoms with E-state index in [-0.39, 0.29) is 18.6 Å². The first-order chi connectivity index (χ1) is 10.6. The predicted octanol–water partition coefficient (Wildman–Crippen LogP) is 3.83. The summed E-state index contributed by atoms with van der Waals surface area (Å²) in [6.45, 7) is 0.0695. The Hall–Kier alpha value is -2.07. The lowest BCUT2D eigenvalue weighted by Gasteiger charge is -2.09. The van der Waals surface area contributed by atoms with Crippen LogP contribution in [0.5, 0.6) is 0 Å². The van der Waals surface area contributed by atoms with Crippen LogP contribution in [0.3, 0.4) is 0 Å². The van der Waals surface area contributed by atoms with Crippen LogP contribution in [0, 0.1) is 5.82 Å². The molecule has 2 atom stereocenters. The number of carbonyl (C=O) groups is 1. The Bertz CT molecular complexity index is 657. The molecular formula is C17H16ClFN2O. The molecule has 0 spiro atoms.